The molecule has 2 heterocycles. The molecule has 1 aliphatic rings. The first-order valence-electron chi connectivity index (χ1n) is 7.87. The van der Waals surface area contributed by atoms with Crippen LogP contribution in [0.5, 0.6) is 0 Å². The zero-order valence-corrected chi connectivity index (χ0v) is 13.1. The van der Waals surface area contributed by atoms with Crippen LogP contribution in [-0.2, 0) is 13.0 Å². The van der Waals surface area contributed by atoms with Gasteiger partial charge in [0.25, 0.3) is 0 Å². The molecule has 1 aliphatic heterocycles. The highest BCUT2D eigenvalue weighted by Gasteiger charge is 2.20. The third-order valence-electron chi connectivity index (χ3n) is 4.61. The lowest BCUT2D eigenvalue weighted by Gasteiger charge is -2.31. The molecule has 3 nitrogen and oxygen atoms in total. The van der Waals surface area contributed by atoms with E-state index in [4.69, 9.17) is 5.26 Å². The summed E-state index contributed by atoms with van der Waals surface area (Å²) in [5.74, 6) is 0. The lowest BCUT2D eigenvalue weighted by molar-refractivity contribution is 0.712. The maximum Gasteiger partial charge on any atom is 0.101 e. The number of aromatic nitrogens is 1. The maximum atomic E-state index is 9.02. The lowest BCUT2D eigenvalue weighted by Crippen LogP contribution is -2.31. The van der Waals surface area contributed by atoms with Crippen molar-refractivity contribution in [3.8, 4) is 6.07 Å². The normalized spacial score (nSPS) is 13.7. The zero-order valence-electron chi connectivity index (χ0n) is 13.1. The number of nitrogens with zero attached hydrogens (tertiary/aromatic N) is 3. The van der Waals surface area contributed by atoms with E-state index in [0.29, 0.717) is 5.56 Å². The van der Waals surface area contributed by atoms with Crippen molar-refractivity contribution in [3.63, 3.8) is 0 Å². The second-order valence-corrected chi connectivity index (χ2v) is 6.06. The molecule has 23 heavy (non-hydrogen) atoms. The first-order valence-corrected chi connectivity index (χ1v) is 7.87. The Kier molecular flexibility index (Phi) is 3.24. The molecule has 0 N–H and O–H groups in total. The number of pyridine rings is 1. The number of anilines is 1. The van der Waals surface area contributed by atoms with Crippen molar-refractivity contribution in [2.24, 2.45) is 0 Å². The molecular weight excluding hydrogens is 282 g/mol. The van der Waals surface area contributed by atoms with Crippen LogP contribution in [0.2, 0.25) is 0 Å². The second kappa shape index (κ2) is 5.40. The van der Waals surface area contributed by atoms with Gasteiger partial charge in [0.1, 0.15) is 6.07 Å². The monoisotopic (exact) mass is 299 g/mol. The Balaban J connectivity index is 1.77. The van der Waals surface area contributed by atoms with Gasteiger partial charge >= 0.3 is 0 Å². The fraction of sp³-hybridized carbons (Fsp3) is 0.200. The molecule has 0 bridgehead atoms. The van der Waals surface area contributed by atoms with Gasteiger partial charge in [0.2, 0.25) is 0 Å². The summed E-state index contributed by atoms with van der Waals surface area (Å²) in [5.41, 5.74) is 5.52. The third kappa shape index (κ3) is 2.33. The van der Waals surface area contributed by atoms with Crippen LogP contribution in [0.1, 0.15) is 22.4 Å². The topological polar surface area (TPSA) is 39.9 Å². The van der Waals surface area contributed by atoms with E-state index >= 15 is 0 Å². The van der Waals surface area contributed by atoms with Gasteiger partial charge in [-0.25, -0.2) is 0 Å². The average Bonchev–Trinajstić information content (AvgIpc) is 2.60. The minimum Gasteiger partial charge on any atom is -0.365 e. The van der Waals surface area contributed by atoms with Crippen LogP contribution < -0.4 is 4.90 Å². The van der Waals surface area contributed by atoms with Crippen LogP contribution in [0.4, 0.5) is 5.69 Å². The summed E-state index contributed by atoms with van der Waals surface area (Å²) >= 11 is 0. The number of fused-ring (bicyclic) bond motifs is 2. The number of aryl methyl sites for hydroxylation is 1. The van der Waals surface area contributed by atoms with Crippen LogP contribution in [0.15, 0.2) is 48.7 Å². The SMILES string of the molecule is Cc1cccc2cccc(N3CCc4cc(C#N)cnc4C3)c12. The molecule has 3 heteroatoms. The van der Waals surface area contributed by atoms with Gasteiger partial charge in [-0.2, -0.15) is 5.26 Å². The fourth-order valence-electron chi connectivity index (χ4n) is 3.45. The molecule has 0 unspecified atom stereocenters. The summed E-state index contributed by atoms with van der Waals surface area (Å²) in [6.45, 7) is 3.92. The molecule has 0 atom stereocenters. The molecule has 0 aliphatic carbocycles. The van der Waals surface area contributed by atoms with Crippen LogP contribution in [-0.4, -0.2) is 11.5 Å². The smallest absolute Gasteiger partial charge is 0.101 e. The highest BCUT2D eigenvalue weighted by Crippen LogP contribution is 2.32. The standard InChI is InChI=1S/C20H17N3/c1-14-4-2-5-16-6-3-7-19(20(14)16)23-9-8-17-10-15(11-21)12-22-18(17)13-23/h2-7,10,12H,8-9,13H2,1H3. The van der Waals surface area contributed by atoms with Gasteiger partial charge in [0, 0.05) is 23.8 Å². The molecule has 3 aromatic rings. The quantitative estimate of drug-likeness (QED) is 0.682. The first kappa shape index (κ1) is 13.8. The van der Waals surface area contributed by atoms with E-state index in [2.05, 4.69) is 59.3 Å². The highest BCUT2D eigenvalue weighted by atomic mass is 15.1. The van der Waals surface area contributed by atoms with Crippen LogP contribution >= 0.6 is 0 Å². The molecular formula is C20H17N3. The predicted molar refractivity (Wildman–Crippen MR) is 92.4 cm³/mol. The Bertz CT molecular complexity index is 932. The minimum absolute atomic E-state index is 0.651. The van der Waals surface area contributed by atoms with Crippen molar-refractivity contribution in [1.82, 2.24) is 4.98 Å². The summed E-state index contributed by atoms with van der Waals surface area (Å²) in [5, 5.41) is 11.6. The largest absolute Gasteiger partial charge is 0.365 e. The van der Waals surface area contributed by atoms with E-state index in [1.165, 1.54) is 27.6 Å². The Morgan fingerprint density at radius 2 is 2.00 bits per heavy atom. The number of benzene rings is 2. The average molecular weight is 299 g/mol. The van der Waals surface area contributed by atoms with Crippen LogP contribution in [0.3, 0.4) is 0 Å². The van der Waals surface area contributed by atoms with Gasteiger partial charge in [-0.3, -0.25) is 4.98 Å². The van der Waals surface area contributed by atoms with E-state index in [1.54, 1.807) is 6.20 Å². The minimum atomic E-state index is 0.651. The molecule has 0 amide bonds. The van der Waals surface area contributed by atoms with Gasteiger partial charge < -0.3 is 4.90 Å². The molecule has 0 saturated carbocycles. The third-order valence-corrected chi connectivity index (χ3v) is 4.61. The second-order valence-electron chi connectivity index (χ2n) is 6.06. The lowest BCUT2D eigenvalue weighted by atomic mass is 9.99. The van der Waals surface area contributed by atoms with Gasteiger partial charge in [-0.1, -0.05) is 30.3 Å². The van der Waals surface area contributed by atoms with E-state index in [9.17, 15) is 0 Å². The molecule has 0 saturated heterocycles. The van der Waals surface area contributed by atoms with Gasteiger partial charge in [0.05, 0.1) is 17.8 Å². The Morgan fingerprint density at radius 3 is 2.83 bits per heavy atom. The summed E-state index contributed by atoms with van der Waals surface area (Å²) in [6.07, 6.45) is 2.61. The zero-order chi connectivity index (χ0) is 15.8. The Labute approximate surface area is 135 Å². The number of nitriles is 1. The molecule has 0 spiro atoms. The number of rotatable bonds is 1. The van der Waals surface area contributed by atoms with Crippen molar-refractivity contribution in [2.75, 3.05) is 11.4 Å². The Hall–Kier alpha value is -2.86. The van der Waals surface area contributed by atoms with Crippen molar-refractivity contribution < 1.29 is 0 Å². The molecule has 0 radical (unpaired) electrons. The van der Waals surface area contributed by atoms with Crippen molar-refractivity contribution in [1.29, 1.82) is 5.26 Å². The molecule has 0 fully saturated rings. The van der Waals surface area contributed by atoms with E-state index < -0.39 is 0 Å². The van der Waals surface area contributed by atoms with Gasteiger partial charge in [-0.15, -0.1) is 0 Å². The summed E-state index contributed by atoms with van der Waals surface area (Å²) in [4.78, 5) is 6.90. The summed E-state index contributed by atoms with van der Waals surface area (Å²) in [7, 11) is 0. The maximum absolute atomic E-state index is 9.02. The summed E-state index contributed by atoms with van der Waals surface area (Å²) in [6, 6.07) is 17.1. The fourth-order valence-corrected chi connectivity index (χ4v) is 3.45. The van der Waals surface area contributed by atoms with Crippen LogP contribution in [0.25, 0.3) is 10.8 Å². The molecule has 112 valence electrons. The van der Waals surface area contributed by atoms with E-state index in [1.807, 2.05) is 6.07 Å². The number of hydrogen-bond donors (Lipinski definition) is 0. The van der Waals surface area contributed by atoms with Crippen molar-refractivity contribution >= 4 is 16.5 Å². The van der Waals surface area contributed by atoms with Crippen molar-refractivity contribution in [2.45, 2.75) is 19.9 Å². The molecule has 4 rings (SSSR count). The van der Waals surface area contributed by atoms with Gasteiger partial charge in [-0.05, 0) is 42.0 Å². The van der Waals surface area contributed by atoms with E-state index in [0.717, 1.165) is 25.2 Å². The highest BCUT2D eigenvalue weighted by molar-refractivity contribution is 5.96. The summed E-state index contributed by atoms with van der Waals surface area (Å²) < 4.78 is 0. The van der Waals surface area contributed by atoms with Crippen LogP contribution in [0, 0.1) is 18.3 Å². The molecule has 2 aromatic carbocycles. The Morgan fingerprint density at radius 1 is 1.17 bits per heavy atom. The van der Waals surface area contributed by atoms with Crippen molar-refractivity contribution in [3.05, 3.63) is 71.0 Å². The first-order chi connectivity index (χ1) is 11.3. The molecule has 1 aromatic heterocycles. The van der Waals surface area contributed by atoms with Gasteiger partial charge in [0.15, 0.2) is 0 Å². The predicted octanol–water partition coefficient (Wildman–Crippen LogP) is 3.98. The van der Waals surface area contributed by atoms with E-state index in [-0.39, 0.29) is 0 Å². The number of hydrogen-bond acceptors (Lipinski definition) is 3.